The van der Waals surface area contributed by atoms with E-state index in [9.17, 15) is 13.2 Å². The molecule has 0 fully saturated rings. The lowest BCUT2D eigenvalue weighted by atomic mass is 10.4. The first-order valence-corrected chi connectivity index (χ1v) is 5.71. The molecule has 2 N–H and O–H groups in total. The molecule has 0 saturated carbocycles. The standard InChI is InChI=1S/C9H11NO4S/c1-7(11)9(12)10-15(13,14)8-5-3-2-4-6-8/h2-7,11H,1H3,(H,10,12). The maximum absolute atomic E-state index is 11.5. The fraction of sp³-hybridized carbons (Fsp3) is 0.222. The van der Waals surface area contributed by atoms with E-state index in [0.717, 1.165) is 0 Å². The van der Waals surface area contributed by atoms with Gasteiger partial charge in [0, 0.05) is 0 Å². The fourth-order valence-corrected chi connectivity index (χ4v) is 1.94. The number of hydrogen-bond acceptors (Lipinski definition) is 4. The average molecular weight is 229 g/mol. The van der Waals surface area contributed by atoms with Crippen LogP contribution in [0, 0.1) is 0 Å². The predicted octanol–water partition coefficient (Wildman–Crippen LogP) is -0.128. The van der Waals surface area contributed by atoms with Crippen molar-refractivity contribution in [3.63, 3.8) is 0 Å². The number of aliphatic hydroxyl groups is 1. The Kier molecular flexibility index (Phi) is 3.43. The Bertz CT molecular complexity index is 438. The average Bonchev–Trinajstić information content (AvgIpc) is 2.18. The summed E-state index contributed by atoms with van der Waals surface area (Å²) in [5.41, 5.74) is 0. The van der Waals surface area contributed by atoms with Crippen LogP contribution in [0.5, 0.6) is 0 Å². The molecule has 1 amide bonds. The minimum absolute atomic E-state index is 0.0148. The molecule has 15 heavy (non-hydrogen) atoms. The topological polar surface area (TPSA) is 83.5 Å². The highest BCUT2D eigenvalue weighted by molar-refractivity contribution is 7.90. The van der Waals surface area contributed by atoms with Gasteiger partial charge in [0.2, 0.25) is 0 Å². The van der Waals surface area contributed by atoms with Crippen molar-refractivity contribution in [2.24, 2.45) is 0 Å². The number of rotatable bonds is 3. The van der Waals surface area contributed by atoms with Crippen molar-refractivity contribution in [2.45, 2.75) is 17.9 Å². The number of sulfonamides is 1. The Labute approximate surface area is 87.8 Å². The maximum atomic E-state index is 11.5. The van der Waals surface area contributed by atoms with Crippen LogP contribution in [0.2, 0.25) is 0 Å². The molecule has 1 rings (SSSR count). The first-order valence-electron chi connectivity index (χ1n) is 4.23. The highest BCUT2D eigenvalue weighted by Crippen LogP contribution is 2.06. The third-order valence-corrected chi connectivity index (χ3v) is 3.03. The van der Waals surface area contributed by atoms with Crippen molar-refractivity contribution in [1.29, 1.82) is 0 Å². The molecule has 82 valence electrons. The van der Waals surface area contributed by atoms with Gasteiger partial charge in [0.15, 0.2) is 0 Å². The molecule has 6 heteroatoms. The summed E-state index contributed by atoms with van der Waals surface area (Å²) in [4.78, 5) is 11.0. The zero-order valence-electron chi connectivity index (χ0n) is 8.04. The molecule has 1 aromatic rings. The summed E-state index contributed by atoms with van der Waals surface area (Å²) in [7, 11) is -3.86. The molecule has 0 aromatic heterocycles. The minimum Gasteiger partial charge on any atom is -0.384 e. The molecule has 1 aromatic carbocycles. The van der Waals surface area contributed by atoms with Crippen LogP contribution in [-0.4, -0.2) is 25.5 Å². The van der Waals surface area contributed by atoms with E-state index in [1.54, 1.807) is 22.9 Å². The van der Waals surface area contributed by atoms with Crippen LogP contribution >= 0.6 is 0 Å². The molecule has 0 spiro atoms. The van der Waals surface area contributed by atoms with E-state index >= 15 is 0 Å². The number of aliphatic hydroxyl groups excluding tert-OH is 1. The van der Waals surface area contributed by atoms with E-state index in [-0.39, 0.29) is 4.90 Å². The molecule has 1 unspecified atom stereocenters. The van der Waals surface area contributed by atoms with Crippen LogP contribution in [-0.2, 0) is 14.8 Å². The van der Waals surface area contributed by atoms with Gasteiger partial charge in [-0.2, -0.15) is 0 Å². The van der Waals surface area contributed by atoms with E-state index in [1.807, 2.05) is 0 Å². The Balaban J connectivity index is 2.91. The van der Waals surface area contributed by atoms with Crippen LogP contribution in [0.25, 0.3) is 0 Å². The molecule has 1 atom stereocenters. The van der Waals surface area contributed by atoms with Gasteiger partial charge in [0.25, 0.3) is 15.9 Å². The van der Waals surface area contributed by atoms with Gasteiger partial charge in [-0.3, -0.25) is 4.79 Å². The Morgan fingerprint density at radius 2 is 1.87 bits per heavy atom. The normalized spacial score (nSPS) is 13.2. The summed E-state index contributed by atoms with van der Waals surface area (Å²) in [6, 6.07) is 7.47. The molecule has 0 saturated heterocycles. The lowest BCUT2D eigenvalue weighted by Gasteiger charge is -2.07. The summed E-state index contributed by atoms with van der Waals surface area (Å²) in [6.45, 7) is 1.19. The maximum Gasteiger partial charge on any atom is 0.264 e. The summed E-state index contributed by atoms with van der Waals surface area (Å²) < 4.78 is 24.8. The smallest absolute Gasteiger partial charge is 0.264 e. The van der Waals surface area contributed by atoms with Crippen molar-refractivity contribution in [3.05, 3.63) is 30.3 Å². The van der Waals surface area contributed by atoms with Gasteiger partial charge in [0.1, 0.15) is 6.10 Å². The van der Waals surface area contributed by atoms with Crippen molar-refractivity contribution in [2.75, 3.05) is 0 Å². The third kappa shape index (κ3) is 3.03. The van der Waals surface area contributed by atoms with E-state index in [2.05, 4.69) is 0 Å². The lowest BCUT2D eigenvalue weighted by molar-refractivity contribution is -0.126. The van der Waals surface area contributed by atoms with Gasteiger partial charge < -0.3 is 5.11 Å². The van der Waals surface area contributed by atoms with Crippen LogP contribution < -0.4 is 4.72 Å². The number of nitrogens with one attached hydrogen (secondary N) is 1. The van der Waals surface area contributed by atoms with Crippen LogP contribution in [0.1, 0.15) is 6.92 Å². The highest BCUT2D eigenvalue weighted by atomic mass is 32.2. The predicted molar refractivity (Wildman–Crippen MR) is 53.5 cm³/mol. The number of amides is 1. The quantitative estimate of drug-likeness (QED) is 0.756. The molecule has 0 radical (unpaired) electrons. The Morgan fingerprint density at radius 3 is 2.33 bits per heavy atom. The highest BCUT2D eigenvalue weighted by Gasteiger charge is 2.19. The van der Waals surface area contributed by atoms with Gasteiger partial charge in [-0.25, -0.2) is 13.1 Å². The number of benzene rings is 1. The summed E-state index contributed by atoms with van der Waals surface area (Å²) in [5, 5.41) is 8.85. The second-order valence-corrected chi connectivity index (χ2v) is 4.64. The first-order chi connectivity index (χ1) is 6.93. The van der Waals surface area contributed by atoms with Gasteiger partial charge in [-0.1, -0.05) is 18.2 Å². The van der Waals surface area contributed by atoms with Gasteiger partial charge >= 0.3 is 0 Å². The molecule has 0 aliphatic heterocycles. The number of hydrogen-bond donors (Lipinski definition) is 2. The monoisotopic (exact) mass is 229 g/mol. The van der Waals surface area contributed by atoms with Crippen LogP contribution in [0.3, 0.4) is 0 Å². The fourth-order valence-electron chi connectivity index (χ4n) is 0.876. The van der Waals surface area contributed by atoms with E-state index in [4.69, 9.17) is 5.11 Å². The van der Waals surface area contributed by atoms with E-state index < -0.39 is 22.0 Å². The molecular weight excluding hydrogens is 218 g/mol. The van der Waals surface area contributed by atoms with Crippen LogP contribution in [0.15, 0.2) is 35.2 Å². The first kappa shape index (κ1) is 11.7. The molecule has 0 heterocycles. The second-order valence-electron chi connectivity index (χ2n) is 2.96. The van der Waals surface area contributed by atoms with Gasteiger partial charge in [0.05, 0.1) is 4.90 Å². The van der Waals surface area contributed by atoms with E-state index in [1.165, 1.54) is 19.1 Å². The number of carbonyl (C=O) groups is 1. The van der Waals surface area contributed by atoms with Crippen molar-refractivity contribution in [3.8, 4) is 0 Å². The van der Waals surface area contributed by atoms with Crippen molar-refractivity contribution < 1.29 is 18.3 Å². The van der Waals surface area contributed by atoms with Crippen molar-refractivity contribution in [1.82, 2.24) is 4.72 Å². The summed E-state index contributed by atoms with van der Waals surface area (Å²) in [6.07, 6.45) is -1.36. The Hall–Kier alpha value is -1.40. The summed E-state index contributed by atoms with van der Waals surface area (Å²) >= 11 is 0. The lowest BCUT2D eigenvalue weighted by Crippen LogP contribution is -2.37. The molecule has 5 nitrogen and oxygen atoms in total. The zero-order chi connectivity index (χ0) is 11.5. The summed E-state index contributed by atoms with van der Waals surface area (Å²) in [5.74, 6) is -0.946. The van der Waals surface area contributed by atoms with Gasteiger partial charge in [-0.15, -0.1) is 0 Å². The molecule has 0 aliphatic carbocycles. The van der Waals surface area contributed by atoms with E-state index in [0.29, 0.717) is 0 Å². The SMILES string of the molecule is CC(O)C(=O)NS(=O)(=O)c1ccccc1. The van der Waals surface area contributed by atoms with Crippen LogP contribution in [0.4, 0.5) is 0 Å². The molecule has 0 bridgehead atoms. The molecular formula is C9H11NO4S. The largest absolute Gasteiger partial charge is 0.384 e. The minimum atomic E-state index is -3.86. The number of carbonyl (C=O) groups excluding carboxylic acids is 1. The van der Waals surface area contributed by atoms with Crippen molar-refractivity contribution >= 4 is 15.9 Å². The third-order valence-electron chi connectivity index (χ3n) is 1.67. The second kappa shape index (κ2) is 4.41. The Morgan fingerprint density at radius 1 is 1.33 bits per heavy atom. The zero-order valence-corrected chi connectivity index (χ0v) is 8.86. The molecule has 0 aliphatic rings. The van der Waals surface area contributed by atoms with Gasteiger partial charge in [-0.05, 0) is 19.1 Å².